The lowest BCUT2D eigenvalue weighted by Crippen LogP contribution is -2.67. The number of hydrogen-bond acceptors (Lipinski definition) is 5. The van der Waals surface area contributed by atoms with E-state index in [1.54, 1.807) is 6.07 Å². The van der Waals surface area contributed by atoms with Gasteiger partial charge in [0.1, 0.15) is 5.75 Å². The van der Waals surface area contributed by atoms with Crippen LogP contribution in [-0.2, 0) is 21.2 Å². The number of rotatable bonds is 5. The number of fused-ring (bicyclic) bond motifs is 1. The molecule has 40 heavy (non-hydrogen) atoms. The van der Waals surface area contributed by atoms with Crippen molar-refractivity contribution in [2.24, 2.45) is 5.92 Å². The van der Waals surface area contributed by atoms with E-state index in [-0.39, 0.29) is 6.04 Å². The molecule has 2 aromatic rings. The Kier molecular flexibility index (Phi) is 7.68. The third-order valence-electron chi connectivity index (χ3n) is 8.46. The number of aliphatic hydroxyl groups is 1. The van der Waals surface area contributed by atoms with Crippen molar-refractivity contribution in [3.8, 4) is 17.6 Å². The molecule has 2 N–H and O–H groups in total. The van der Waals surface area contributed by atoms with Crippen molar-refractivity contribution in [3.05, 3.63) is 65.2 Å². The van der Waals surface area contributed by atoms with E-state index in [0.29, 0.717) is 49.5 Å². The van der Waals surface area contributed by atoms with Crippen molar-refractivity contribution in [3.63, 3.8) is 0 Å². The van der Waals surface area contributed by atoms with E-state index in [2.05, 4.69) is 22.1 Å². The lowest BCUT2D eigenvalue weighted by atomic mass is 9.55. The second kappa shape index (κ2) is 10.9. The molecular weight excluding hydrogens is 521 g/mol. The molecule has 1 heterocycles. The maximum Gasteiger partial charge on any atom is 0.416 e. The van der Waals surface area contributed by atoms with Gasteiger partial charge in [-0.3, -0.25) is 9.59 Å². The molecule has 0 aromatic heterocycles. The molecule has 2 aromatic carbocycles. The number of carbonyl (C=O) groups excluding carboxylic acids is 2. The van der Waals surface area contributed by atoms with E-state index in [1.165, 1.54) is 31.9 Å². The SMILES string of the molecule is CC(=O)Oc1cccc([C@@]23CCN(CC4CC4)C[C@@]2(O)CC[C@H](NC(=O)C#Cc2ccc(C(F)(F)F)cc2)C3)c1. The Morgan fingerprint density at radius 2 is 1.88 bits per heavy atom. The first-order chi connectivity index (χ1) is 19.0. The van der Waals surface area contributed by atoms with Crippen LogP contribution in [0.4, 0.5) is 13.2 Å². The van der Waals surface area contributed by atoms with E-state index in [0.717, 1.165) is 30.8 Å². The number of amides is 1. The molecule has 212 valence electrons. The predicted octanol–water partition coefficient (Wildman–Crippen LogP) is 4.44. The number of carbonyl (C=O) groups is 2. The molecule has 0 bridgehead atoms. The molecular formula is C31H33F3N2O4. The first-order valence-electron chi connectivity index (χ1n) is 13.7. The standard InChI is InChI=1S/C31H33F3N2O4/c1-21(37)40-27-4-2-3-25(17-27)29-15-16-36(19-23-5-6-23)20-30(29,39)14-13-26(18-29)35-28(38)12-9-22-7-10-24(11-8-22)31(32,33)34/h2-4,7-8,10-11,17,23,26,39H,5-6,13-16,18-20H2,1H3,(H,35,38)/t26-,29-,30-/m0/s1. The summed E-state index contributed by atoms with van der Waals surface area (Å²) in [6.45, 7) is 3.67. The Bertz CT molecular complexity index is 1330. The van der Waals surface area contributed by atoms with Crippen molar-refractivity contribution >= 4 is 11.9 Å². The summed E-state index contributed by atoms with van der Waals surface area (Å²) >= 11 is 0. The van der Waals surface area contributed by atoms with Gasteiger partial charge in [0.25, 0.3) is 5.91 Å². The van der Waals surface area contributed by atoms with Gasteiger partial charge in [-0.1, -0.05) is 18.1 Å². The Balaban J connectivity index is 1.35. The lowest BCUT2D eigenvalue weighted by Gasteiger charge is -2.58. The van der Waals surface area contributed by atoms with E-state index in [1.807, 2.05) is 18.2 Å². The summed E-state index contributed by atoms with van der Waals surface area (Å²) in [5.74, 6) is 5.29. The molecule has 1 aliphatic heterocycles. The third kappa shape index (κ3) is 6.18. The molecule has 0 spiro atoms. The Labute approximate surface area is 231 Å². The highest BCUT2D eigenvalue weighted by Crippen LogP contribution is 2.52. The molecule has 2 aliphatic carbocycles. The average molecular weight is 555 g/mol. The smallest absolute Gasteiger partial charge is 0.416 e. The Morgan fingerprint density at radius 3 is 2.55 bits per heavy atom. The molecule has 0 radical (unpaired) electrons. The van der Waals surface area contributed by atoms with Crippen LogP contribution in [0.15, 0.2) is 48.5 Å². The summed E-state index contributed by atoms with van der Waals surface area (Å²) < 4.78 is 43.8. The molecule has 1 saturated heterocycles. The highest BCUT2D eigenvalue weighted by atomic mass is 19.4. The van der Waals surface area contributed by atoms with Crippen LogP contribution in [0.3, 0.4) is 0 Å². The topological polar surface area (TPSA) is 78.9 Å². The fourth-order valence-electron chi connectivity index (χ4n) is 6.32. The minimum Gasteiger partial charge on any atom is -0.427 e. The van der Waals surface area contributed by atoms with Crippen molar-refractivity contribution in [2.45, 2.75) is 68.7 Å². The molecule has 3 atom stereocenters. The maximum atomic E-state index is 12.8. The molecule has 6 nitrogen and oxygen atoms in total. The van der Waals surface area contributed by atoms with Gasteiger partial charge >= 0.3 is 12.1 Å². The number of hydrogen-bond donors (Lipinski definition) is 2. The number of benzene rings is 2. The van der Waals surface area contributed by atoms with Crippen LogP contribution in [0.5, 0.6) is 5.75 Å². The van der Waals surface area contributed by atoms with Crippen LogP contribution in [-0.4, -0.2) is 53.2 Å². The summed E-state index contributed by atoms with van der Waals surface area (Å²) in [6, 6.07) is 11.4. The summed E-state index contributed by atoms with van der Waals surface area (Å²) in [7, 11) is 0. The van der Waals surface area contributed by atoms with Crippen LogP contribution in [0.2, 0.25) is 0 Å². The zero-order valence-corrected chi connectivity index (χ0v) is 22.4. The van der Waals surface area contributed by atoms with Gasteiger partial charge in [0, 0.05) is 43.0 Å². The van der Waals surface area contributed by atoms with Gasteiger partial charge in [-0.05, 0) is 92.9 Å². The van der Waals surface area contributed by atoms with Crippen molar-refractivity contribution in [2.75, 3.05) is 19.6 Å². The highest BCUT2D eigenvalue weighted by molar-refractivity contribution is 5.94. The van der Waals surface area contributed by atoms with Crippen LogP contribution >= 0.6 is 0 Å². The van der Waals surface area contributed by atoms with Gasteiger partial charge in [-0.15, -0.1) is 0 Å². The van der Waals surface area contributed by atoms with Gasteiger partial charge in [0.2, 0.25) is 0 Å². The Hall–Kier alpha value is -3.35. The van der Waals surface area contributed by atoms with E-state index < -0.39 is 34.6 Å². The summed E-state index contributed by atoms with van der Waals surface area (Å²) in [6.07, 6.45) is 0.226. The number of nitrogens with zero attached hydrogens (tertiary/aromatic N) is 1. The van der Waals surface area contributed by atoms with Crippen LogP contribution in [0.25, 0.3) is 0 Å². The molecule has 2 saturated carbocycles. The highest BCUT2D eigenvalue weighted by Gasteiger charge is 2.58. The average Bonchev–Trinajstić information content (AvgIpc) is 3.71. The fraction of sp³-hybridized carbons (Fsp3) is 0.484. The molecule has 0 unspecified atom stereocenters. The number of nitrogens with one attached hydrogen (secondary N) is 1. The van der Waals surface area contributed by atoms with Gasteiger partial charge < -0.3 is 20.1 Å². The van der Waals surface area contributed by atoms with Crippen molar-refractivity contribution in [1.82, 2.24) is 10.2 Å². The minimum atomic E-state index is -4.44. The summed E-state index contributed by atoms with van der Waals surface area (Å²) in [4.78, 5) is 26.7. The zero-order chi connectivity index (χ0) is 28.5. The fourth-order valence-corrected chi connectivity index (χ4v) is 6.32. The number of ether oxygens (including phenoxy) is 1. The summed E-state index contributed by atoms with van der Waals surface area (Å²) in [5, 5.41) is 15.2. The number of alkyl halides is 3. The molecule has 3 aliphatic rings. The second-order valence-corrected chi connectivity index (χ2v) is 11.4. The van der Waals surface area contributed by atoms with Gasteiger partial charge in [0.15, 0.2) is 0 Å². The maximum absolute atomic E-state index is 12.8. The van der Waals surface area contributed by atoms with Gasteiger partial charge in [0.05, 0.1) is 11.2 Å². The molecule has 9 heteroatoms. The number of piperidine rings is 1. The van der Waals surface area contributed by atoms with Crippen LogP contribution < -0.4 is 10.1 Å². The number of β-amino-alcohol motifs (C(OH)–C–C–N with tert-alkyl or cyclic N) is 1. The number of halogens is 3. The van der Waals surface area contributed by atoms with Crippen molar-refractivity contribution in [1.29, 1.82) is 0 Å². The molecule has 1 amide bonds. The first kappa shape index (κ1) is 28.2. The monoisotopic (exact) mass is 554 g/mol. The van der Waals surface area contributed by atoms with Gasteiger partial charge in [-0.2, -0.15) is 13.2 Å². The van der Waals surface area contributed by atoms with Crippen LogP contribution in [0, 0.1) is 17.8 Å². The molecule has 5 rings (SSSR count). The van der Waals surface area contributed by atoms with E-state index in [9.17, 15) is 27.9 Å². The van der Waals surface area contributed by atoms with Gasteiger partial charge in [-0.25, -0.2) is 0 Å². The second-order valence-electron chi connectivity index (χ2n) is 11.4. The molecule has 3 fully saturated rings. The normalized spacial score (nSPS) is 26.7. The van der Waals surface area contributed by atoms with E-state index >= 15 is 0 Å². The zero-order valence-electron chi connectivity index (χ0n) is 22.4. The quantitative estimate of drug-likeness (QED) is 0.325. The predicted molar refractivity (Wildman–Crippen MR) is 142 cm³/mol. The Morgan fingerprint density at radius 1 is 1.12 bits per heavy atom. The summed E-state index contributed by atoms with van der Waals surface area (Å²) in [5.41, 5.74) is -1.29. The van der Waals surface area contributed by atoms with Crippen LogP contribution in [0.1, 0.15) is 62.1 Å². The van der Waals surface area contributed by atoms with Crippen molar-refractivity contribution < 1.29 is 32.6 Å². The number of esters is 1. The number of likely N-dealkylation sites (tertiary alicyclic amines) is 1. The largest absolute Gasteiger partial charge is 0.427 e. The first-order valence-corrected chi connectivity index (χ1v) is 13.7. The minimum absolute atomic E-state index is 0.262. The third-order valence-corrected chi connectivity index (χ3v) is 8.46. The lowest BCUT2D eigenvalue weighted by molar-refractivity contribution is -0.137. The van der Waals surface area contributed by atoms with E-state index in [4.69, 9.17) is 4.74 Å².